The zero-order chi connectivity index (χ0) is 13.0. The van der Waals surface area contributed by atoms with Gasteiger partial charge in [0.15, 0.2) is 0 Å². The van der Waals surface area contributed by atoms with Crippen molar-refractivity contribution in [2.75, 3.05) is 13.6 Å². The van der Waals surface area contributed by atoms with Crippen molar-refractivity contribution in [1.29, 1.82) is 0 Å². The number of aryl methyl sites for hydroxylation is 1. The van der Waals surface area contributed by atoms with E-state index >= 15 is 0 Å². The summed E-state index contributed by atoms with van der Waals surface area (Å²) in [6.45, 7) is 7.12. The van der Waals surface area contributed by atoms with Gasteiger partial charge in [-0.05, 0) is 47.6 Å². The number of carbonyl (C=O) groups excluding carboxylic acids is 1. The first-order valence-corrected chi connectivity index (χ1v) is 6.29. The maximum absolute atomic E-state index is 10.9. The number of halogens is 1. The predicted molar refractivity (Wildman–Crippen MR) is 72.9 cm³/mol. The van der Waals surface area contributed by atoms with Crippen LogP contribution in [0, 0.1) is 6.92 Å². The molecule has 0 aliphatic heterocycles. The molecule has 0 aliphatic rings. The molecule has 1 amide bonds. The lowest BCUT2D eigenvalue weighted by Gasteiger charge is -2.15. The lowest BCUT2D eigenvalue weighted by Crippen LogP contribution is -2.23. The molecule has 0 unspecified atom stereocenters. The number of amides is 1. The van der Waals surface area contributed by atoms with Crippen molar-refractivity contribution in [3.8, 4) is 0 Å². The van der Waals surface area contributed by atoms with Gasteiger partial charge in [0.25, 0.3) is 0 Å². The number of hydrogen-bond donors (Lipinski definition) is 0. The summed E-state index contributed by atoms with van der Waals surface area (Å²) in [5.74, 6) is 0.529. The summed E-state index contributed by atoms with van der Waals surface area (Å²) in [7, 11) is 1.72. The van der Waals surface area contributed by atoms with Crippen molar-refractivity contribution >= 4 is 17.0 Å². The van der Waals surface area contributed by atoms with Crippen molar-refractivity contribution in [3.05, 3.63) is 34.9 Å². The normalized spacial score (nSPS) is 10.7. The van der Waals surface area contributed by atoms with E-state index in [0.717, 1.165) is 6.42 Å². The molecule has 0 atom stereocenters. The Kier molecular flexibility index (Phi) is 5.01. The van der Waals surface area contributed by atoms with Crippen LogP contribution in [-0.4, -0.2) is 23.9 Å². The second-order valence-electron chi connectivity index (χ2n) is 4.77. The topological polar surface area (TPSA) is 20.3 Å². The first kappa shape index (κ1) is 14.0. The quantitative estimate of drug-likeness (QED) is 0.588. The van der Waals surface area contributed by atoms with Crippen LogP contribution in [0.3, 0.4) is 0 Å². The summed E-state index contributed by atoms with van der Waals surface area (Å²) in [5.41, 5.74) is 3.90. The first-order valence-electron chi connectivity index (χ1n) is 5.92. The van der Waals surface area contributed by atoms with E-state index in [1.54, 1.807) is 7.05 Å². The third-order valence-corrected chi connectivity index (χ3v) is 3.35. The molecule has 0 N–H and O–H groups in total. The molecule has 1 rings (SSSR count). The maximum atomic E-state index is 10.9. The predicted octanol–water partition coefficient (Wildman–Crippen LogP) is 3.95. The van der Waals surface area contributed by atoms with E-state index in [-0.39, 0.29) is 0 Å². The van der Waals surface area contributed by atoms with Gasteiger partial charge in [-0.25, -0.2) is 0 Å². The molecule has 94 valence electrons. The molecule has 0 bridgehead atoms. The Morgan fingerprint density at radius 3 is 2.59 bits per heavy atom. The highest BCUT2D eigenvalue weighted by molar-refractivity contribution is 6.62. The minimum Gasteiger partial charge on any atom is -0.332 e. The summed E-state index contributed by atoms with van der Waals surface area (Å²) in [5, 5.41) is -0.400. The Bertz CT molecular complexity index is 401. The summed E-state index contributed by atoms with van der Waals surface area (Å²) < 4.78 is 0. The average molecular weight is 254 g/mol. The van der Waals surface area contributed by atoms with Gasteiger partial charge >= 0.3 is 5.37 Å². The lowest BCUT2D eigenvalue weighted by atomic mass is 9.96. The third-order valence-electron chi connectivity index (χ3n) is 3.06. The Balaban J connectivity index is 2.76. The van der Waals surface area contributed by atoms with Gasteiger partial charge in [-0.15, -0.1) is 0 Å². The first-order chi connectivity index (χ1) is 7.91. The SMILES string of the molecule is Cc1ccc(C(C)C)cc1CCN(C)C(=O)Cl. The Morgan fingerprint density at radius 1 is 1.41 bits per heavy atom. The summed E-state index contributed by atoms with van der Waals surface area (Å²) in [6.07, 6.45) is 0.849. The molecule has 0 fully saturated rings. The van der Waals surface area contributed by atoms with Crippen molar-refractivity contribution < 1.29 is 4.79 Å². The molecule has 1 aromatic rings. The van der Waals surface area contributed by atoms with Crippen LogP contribution in [0.1, 0.15) is 36.5 Å². The van der Waals surface area contributed by atoms with Gasteiger partial charge in [0, 0.05) is 13.6 Å². The van der Waals surface area contributed by atoms with Gasteiger partial charge in [-0.2, -0.15) is 0 Å². The van der Waals surface area contributed by atoms with E-state index in [2.05, 4.69) is 39.0 Å². The third kappa shape index (κ3) is 4.04. The fourth-order valence-electron chi connectivity index (χ4n) is 1.70. The molecule has 0 aliphatic carbocycles. The van der Waals surface area contributed by atoms with Crippen LogP contribution in [0.5, 0.6) is 0 Å². The standard InChI is InChI=1S/C14H20ClNO/c1-10(2)12-6-5-11(3)13(9-12)7-8-16(4)14(15)17/h5-6,9-10H,7-8H2,1-4H3. The Hall–Kier alpha value is -1.02. The highest BCUT2D eigenvalue weighted by Crippen LogP contribution is 2.19. The van der Waals surface area contributed by atoms with Crippen molar-refractivity contribution in [1.82, 2.24) is 4.90 Å². The number of carbonyl (C=O) groups is 1. The molecule has 0 saturated carbocycles. The minimum atomic E-state index is -0.400. The van der Waals surface area contributed by atoms with Gasteiger partial charge < -0.3 is 4.90 Å². The van der Waals surface area contributed by atoms with Crippen molar-refractivity contribution in [3.63, 3.8) is 0 Å². The number of benzene rings is 1. The van der Waals surface area contributed by atoms with Crippen LogP contribution in [0.4, 0.5) is 4.79 Å². The largest absolute Gasteiger partial charge is 0.332 e. The molecule has 0 radical (unpaired) electrons. The zero-order valence-electron chi connectivity index (χ0n) is 11.0. The van der Waals surface area contributed by atoms with Gasteiger partial charge in [-0.3, -0.25) is 4.79 Å². The van der Waals surface area contributed by atoms with Crippen LogP contribution in [-0.2, 0) is 6.42 Å². The highest BCUT2D eigenvalue weighted by atomic mass is 35.5. The van der Waals surface area contributed by atoms with Crippen LogP contribution < -0.4 is 0 Å². The number of hydrogen-bond acceptors (Lipinski definition) is 1. The van der Waals surface area contributed by atoms with Crippen LogP contribution >= 0.6 is 11.6 Å². The Morgan fingerprint density at radius 2 is 2.06 bits per heavy atom. The van der Waals surface area contributed by atoms with E-state index in [4.69, 9.17) is 11.6 Å². The highest BCUT2D eigenvalue weighted by Gasteiger charge is 2.07. The molecular weight excluding hydrogens is 234 g/mol. The average Bonchev–Trinajstić information content (AvgIpc) is 2.26. The van der Waals surface area contributed by atoms with E-state index in [1.165, 1.54) is 21.6 Å². The van der Waals surface area contributed by atoms with Crippen LogP contribution in [0.15, 0.2) is 18.2 Å². The van der Waals surface area contributed by atoms with Crippen molar-refractivity contribution in [2.24, 2.45) is 0 Å². The summed E-state index contributed by atoms with van der Waals surface area (Å²) >= 11 is 5.40. The van der Waals surface area contributed by atoms with Gasteiger partial charge in [-0.1, -0.05) is 32.0 Å². The second-order valence-corrected chi connectivity index (χ2v) is 5.09. The summed E-state index contributed by atoms with van der Waals surface area (Å²) in [6, 6.07) is 6.54. The molecule has 17 heavy (non-hydrogen) atoms. The monoisotopic (exact) mass is 253 g/mol. The molecule has 0 spiro atoms. The van der Waals surface area contributed by atoms with Gasteiger partial charge in [0.2, 0.25) is 0 Å². The fourth-order valence-corrected chi connectivity index (χ4v) is 1.78. The van der Waals surface area contributed by atoms with E-state index in [9.17, 15) is 4.79 Å². The van der Waals surface area contributed by atoms with E-state index in [0.29, 0.717) is 12.5 Å². The molecule has 1 aromatic carbocycles. The molecule has 0 heterocycles. The van der Waals surface area contributed by atoms with Gasteiger partial charge in [0.05, 0.1) is 0 Å². The minimum absolute atomic E-state index is 0.400. The Labute approximate surface area is 109 Å². The van der Waals surface area contributed by atoms with Crippen LogP contribution in [0.25, 0.3) is 0 Å². The molecule has 3 heteroatoms. The molecule has 0 aromatic heterocycles. The molecular formula is C14H20ClNO. The van der Waals surface area contributed by atoms with Crippen molar-refractivity contribution in [2.45, 2.75) is 33.1 Å². The van der Waals surface area contributed by atoms with E-state index in [1.807, 2.05) is 0 Å². The second kappa shape index (κ2) is 6.06. The molecule has 2 nitrogen and oxygen atoms in total. The maximum Gasteiger partial charge on any atom is 0.316 e. The number of likely N-dealkylation sites (N-methyl/N-ethyl adjacent to an activating group) is 1. The van der Waals surface area contributed by atoms with Crippen LogP contribution in [0.2, 0.25) is 0 Å². The lowest BCUT2D eigenvalue weighted by molar-refractivity contribution is 0.232. The molecule has 0 saturated heterocycles. The van der Waals surface area contributed by atoms with E-state index < -0.39 is 5.37 Å². The smallest absolute Gasteiger partial charge is 0.316 e. The zero-order valence-corrected chi connectivity index (χ0v) is 11.7. The number of rotatable bonds is 4. The summed E-state index contributed by atoms with van der Waals surface area (Å²) in [4.78, 5) is 12.4. The van der Waals surface area contributed by atoms with Gasteiger partial charge in [0.1, 0.15) is 0 Å². The fraction of sp³-hybridized carbons (Fsp3) is 0.500. The number of nitrogens with zero attached hydrogens (tertiary/aromatic N) is 1.